The molecule has 0 spiro atoms. The molecule has 0 aromatic carbocycles. The van der Waals surface area contributed by atoms with Crippen LogP contribution in [0.25, 0.3) is 0 Å². The van der Waals surface area contributed by atoms with Crippen LogP contribution >= 0.6 is 11.8 Å². The summed E-state index contributed by atoms with van der Waals surface area (Å²) in [6.45, 7) is 0.111. The van der Waals surface area contributed by atoms with Gasteiger partial charge >= 0.3 is 0 Å². The fraction of sp³-hybridized carbons (Fsp3) is 0.500. The van der Waals surface area contributed by atoms with Crippen molar-refractivity contribution in [1.29, 1.82) is 5.26 Å². The molecular formula is C10H14N4OS. The quantitative estimate of drug-likeness (QED) is 0.765. The Kier molecular flexibility index (Phi) is 5.61. The van der Waals surface area contributed by atoms with E-state index in [-0.39, 0.29) is 18.3 Å². The average molecular weight is 238 g/mol. The number of anilines is 1. The number of aliphatic hydroxyl groups excluding tert-OH is 1. The van der Waals surface area contributed by atoms with Gasteiger partial charge in [-0.2, -0.15) is 17.0 Å². The Morgan fingerprint density at radius 2 is 2.31 bits per heavy atom. The van der Waals surface area contributed by atoms with Crippen LogP contribution in [0.2, 0.25) is 0 Å². The molecule has 16 heavy (non-hydrogen) atoms. The third-order valence-corrected chi connectivity index (χ3v) is 2.73. The first kappa shape index (κ1) is 12.7. The molecule has 1 aromatic rings. The van der Waals surface area contributed by atoms with Crippen LogP contribution in [0.3, 0.4) is 0 Å². The summed E-state index contributed by atoms with van der Waals surface area (Å²) < 4.78 is 0. The zero-order valence-corrected chi connectivity index (χ0v) is 9.87. The van der Waals surface area contributed by atoms with Crippen LogP contribution < -0.4 is 5.32 Å². The summed E-state index contributed by atoms with van der Waals surface area (Å²) in [5, 5.41) is 20.9. The number of hydrogen-bond donors (Lipinski definition) is 2. The van der Waals surface area contributed by atoms with Gasteiger partial charge in [-0.1, -0.05) is 0 Å². The monoisotopic (exact) mass is 238 g/mol. The third kappa shape index (κ3) is 3.68. The van der Waals surface area contributed by atoms with E-state index >= 15 is 0 Å². The van der Waals surface area contributed by atoms with Crippen molar-refractivity contribution in [1.82, 2.24) is 9.97 Å². The number of nitriles is 1. The van der Waals surface area contributed by atoms with Crippen LogP contribution in [0, 0.1) is 11.3 Å². The maximum absolute atomic E-state index is 8.92. The van der Waals surface area contributed by atoms with E-state index in [0.717, 1.165) is 5.75 Å². The molecule has 0 aliphatic heterocycles. The molecule has 1 heterocycles. The molecule has 0 amide bonds. The summed E-state index contributed by atoms with van der Waals surface area (Å²) in [4.78, 5) is 7.98. The summed E-state index contributed by atoms with van der Waals surface area (Å²) in [5.41, 5.74) is 0.284. The molecule has 5 nitrogen and oxygen atoms in total. The lowest BCUT2D eigenvalue weighted by atomic mass is 10.2. The first-order chi connectivity index (χ1) is 7.81. The Balaban J connectivity index is 2.72. The van der Waals surface area contributed by atoms with E-state index in [1.807, 2.05) is 12.3 Å². The summed E-state index contributed by atoms with van der Waals surface area (Å²) in [5.74, 6) is 1.33. The molecule has 1 unspecified atom stereocenters. The zero-order valence-electron chi connectivity index (χ0n) is 9.05. The van der Waals surface area contributed by atoms with Gasteiger partial charge in [0.15, 0.2) is 11.5 Å². The van der Waals surface area contributed by atoms with Gasteiger partial charge in [0.2, 0.25) is 0 Å². The van der Waals surface area contributed by atoms with Gasteiger partial charge in [0, 0.05) is 30.8 Å². The van der Waals surface area contributed by atoms with Gasteiger partial charge in [-0.05, 0) is 12.7 Å². The van der Waals surface area contributed by atoms with Crippen molar-refractivity contribution in [3.63, 3.8) is 0 Å². The van der Waals surface area contributed by atoms with E-state index < -0.39 is 0 Å². The van der Waals surface area contributed by atoms with E-state index in [1.165, 1.54) is 12.4 Å². The van der Waals surface area contributed by atoms with Crippen LogP contribution in [-0.4, -0.2) is 39.7 Å². The second-order valence-corrected chi connectivity index (χ2v) is 4.08. The summed E-state index contributed by atoms with van der Waals surface area (Å²) >= 11 is 1.68. The zero-order chi connectivity index (χ0) is 11.8. The molecule has 0 aliphatic rings. The minimum absolute atomic E-state index is 0.101. The minimum atomic E-state index is 0.101. The van der Waals surface area contributed by atoms with Crippen molar-refractivity contribution in [3.8, 4) is 6.07 Å². The highest BCUT2D eigenvalue weighted by Gasteiger charge is 2.11. The number of aliphatic hydroxyl groups is 1. The summed E-state index contributed by atoms with van der Waals surface area (Å²) in [6.07, 6.45) is 5.65. The normalized spacial score (nSPS) is 11.8. The minimum Gasteiger partial charge on any atom is -0.396 e. The average Bonchev–Trinajstić information content (AvgIpc) is 2.30. The van der Waals surface area contributed by atoms with Gasteiger partial charge in [0.25, 0.3) is 0 Å². The molecule has 86 valence electrons. The van der Waals surface area contributed by atoms with Crippen molar-refractivity contribution in [2.45, 2.75) is 12.5 Å². The molecule has 1 aromatic heterocycles. The first-order valence-electron chi connectivity index (χ1n) is 4.89. The number of hydrogen-bond acceptors (Lipinski definition) is 6. The second kappa shape index (κ2) is 7.04. The lowest BCUT2D eigenvalue weighted by molar-refractivity contribution is 0.282. The molecule has 2 N–H and O–H groups in total. The SMILES string of the molecule is CSCC(CCO)Nc1nccnc1C#N. The molecule has 0 radical (unpaired) electrons. The van der Waals surface area contributed by atoms with Crippen LogP contribution in [0.4, 0.5) is 5.82 Å². The molecule has 0 bridgehead atoms. The van der Waals surface area contributed by atoms with Crippen LogP contribution in [0.15, 0.2) is 12.4 Å². The van der Waals surface area contributed by atoms with Crippen molar-refractivity contribution in [2.24, 2.45) is 0 Å². The highest BCUT2D eigenvalue weighted by atomic mass is 32.2. The molecule has 1 atom stereocenters. The summed E-state index contributed by atoms with van der Waals surface area (Å²) in [7, 11) is 0. The van der Waals surface area contributed by atoms with E-state index in [0.29, 0.717) is 12.2 Å². The first-order valence-corrected chi connectivity index (χ1v) is 6.28. The molecule has 1 rings (SSSR count). The molecule has 0 saturated carbocycles. The number of aromatic nitrogens is 2. The number of rotatable bonds is 6. The maximum Gasteiger partial charge on any atom is 0.182 e. The van der Waals surface area contributed by atoms with Crippen LogP contribution in [-0.2, 0) is 0 Å². The van der Waals surface area contributed by atoms with Gasteiger partial charge in [-0.3, -0.25) is 0 Å². The fourth-order valence-corrected chi connectivity index (χ4v) is 1.93. The fourth-order valence-electron chi connectivity index (χ4n) is 1.27. The Hall–Kier alpha value is -1.32. The van der Waals surface area contributed by atoms with Crippen molar-refractivity contribution >= 4 is 17.6 Å². The molecule has 0 aliphatic carbocycles. The van der Waals surface area contributed by atoms with Crippen molar-refractivity contribution in [2.75, 3.05) is 23.9 Å². The largest absolute Gasteiger partial charge is 0.396 e. The van der Waals surface area contributed by atoms with Gasteiger partial charge in [-0.15, -0.1) is 0 Å². The predicted molar refractivity (Wildman–Crippen MR) is 64.2 cm³/mol. The van der Waals surface area contributed by atoms with E-state index in [1.54, 1.807) is 11.8 Å². The Bertz CT molecular complexity index is 360. The third-order valence-electron chi connectivity index (χ3n) is 1.99. The predicted octanol–water partition coefficient (Wildman–Crippen LogP) is 0.874. The lowest BCUT2D eigenvalue weighted by Crippen LogP contribution is -2.24. The smallest absolute Gasteiger partial charge is 0.182 e. The van der Waals surface area contributed by atoms with Gasteiger partial charge in [-0.25, -0.2) is 9.97 Å². The number of thioether (sulfide) groups is 1. The highest BCUT2D eigenvalue weighted by molar-refractivity contribution is 7.98. The standard InChI is InChI=1S/C10H14N4OS/c1-16-7-8(2-5-15)14-10-9(6-11)12-3-4-13-10/h3-4,8,15H,2,5,7H2,1H3,(H,13,14). The van der Waals surface area contributed by atoms with E-state index in [9.17, 15) is 0 Å². The molecule has 6 heteroatoms. The van der Waals surface area contributed by atoms with Gasteiger partial charge in [0.1, 0.15) is 6.07 Å². The number of nitrogens with one attached hydrogen (secondary N) is 1. The van der Waals surface area contributed by atoms with Crippen LogP contribution in [0.1, 0.15) is 12.1 Å². The van der Waals surface area contributed by atoms with Crippen molar-refractivity contribution < 1.29 is 5.11 Å². The second-order valence-electron chi connectivity index (χ2n) is 3.17. The Morgan fingerprint density at radius 3 is 2.94 bits per heavy atom. The molecular weight excluding hydrogens is 224 g/mol. The lowest BCUT2D eigenvalue weighted by Gasteiger charge is -2.17. The molecule has 0 saturated heterocycles. The van der Waals surface area contributed by atoms with E-state index in [4.69, 9.17) is 10.4 Å². The van der Waals surface area contributed by atoms with E-state index in [2.05, 4.69) is 15.3 Å². The Morgan fingerprint density at radius 1 is 1.56 bits per heavy atom. The van der Waals surface area contributed by atoms with Crippen LogP contribution in [0.5, 0.6) is 0 Å². The maximum atomic E-state index is 8.92. The topological polar surface area (TPSA) is 81.8 Å². The number of nitrogens with zero attached hydrogens (tertiary/aromatic N) is 3. The summed E-state index contributed by atoms with van der Waals surface area (Å²) in [6, 6.07) is 2.08. The highest BCUT2D eigenvalue weighted by Crippen LogP contribution is 2.12. The molecule has 0 fully saturated rings. The van der Waals surface area contributed by atoms with Gasteiger partial charge < -0.3 is 10.4 Å². The van der Waals surface area contributed by atoms with Crippen molar-refractivity contribution in [3.05, 3.63) is 18.1 Å². The Labute approximate surface area is 98.9 Å². The van der Waals surface area contributed by atoms with Gasteiger partial charge in [0.05, 0.1) is 0 Å².